The van der Waals surface area contributed by atoms with E-state index in [1.165, 1.54) is 0 Å². The van der Waals surface area contributed by atoms with Gasteiger partial charge < -0.3 is 5.32 Å². The summed E-state index contributed by atoms with van der Waals surface area (Å²) in [6.45, 7) is 1.44. The first-order valence-electron chi connectivity index (χ1n) is 6.61. The minimum atomic E-state index is -0.0519. The van der Waals surface area contributed by atoms with Gasteiger partial charge in [-0.05, 0) is 23.6 Å². The Morgan fingerprint density at radius 3 is 3.00 bits per heavy atom. The number of amides is 1. The Balaban J connectivity index is 1.46. The van der Waals surface area contributed by atoms with Crippen molar-refractivity contribution in [2.75, 3.05) is 6.54 Å². The fourth-order valence-corrected chi connectivity index (χ4v) is 2.61. The van der Waals surface area contributed by atoms with Crippen molar-refractivity contribution >= 4 is 17.2 Å². The lowest BCUT2D eigenvalue weighted by molar-refractivity contribution is -0.121. The molecule has 108 valence electrons. The van der Waals surface area contributed by atoms with E-state index in [-0.39, 0.29) is 12.5 Å². The summed E-state index contributed by atoms with van der Waals surface area (Å²) < 4.78 is 3.43. The summed E-state index contributed by atoms with van der Waals surface area (Å²) >= 11 is 1.65. The maximum Gasteiger partial charge on any atom is 0.241 e. The topological polar surface area (TPSA) is 64.7 Å². The first-order chi connectivity index (χ1) is 10.3. The summed E-state index contributed by atoms with van der Waals surface area (Å²) in [6, 6.07) is 5.82. The highest BCUT2D eigenvalue weighted by molar-refractivity contribution is 7.08. The van der Waals surface area contributed by atoms with Crippen LogP contribution in [-0.2, 0) is 17.9 Å². The second kappa shape index (κ2) is 6.36. The van der Waals surface area contributed by atoms with E-state index in [4.69, 9.17) is 0 Å². The molecule has 0 fully saturated rings. The fourth-order valence-electron chi connectivity index (χ4n) is 1.96. The van der Waals surface area contributed by atoms with Gasteiger partial charge in [-0.15, -0.1) is 0 Å². The van der Waals surface area contributed by atoms with Crippen molar-refractivity contribution in [3.63, 3.8) is 0 Å². The van der Waals surface area contributed by atoms with Gasteiger partial charge >= 0.3 is 0 Å². The van der Waals surface area contributed by atoms with Gasteiger partial charge in [0, 0.05) is 36.1 Å². The molecule has 0 saturated heterocycles. The highest BCUT2D eigenvalue weighted by atomic mass is 32.1. The molecule has 0 spiro atoms. The molecule has 3 heterocycles. The zero-order valence-electron chi connectivity index (χ0n) is 11.3. The van der Waals surface area contributed by atoms with Crippen LogP contribution in [0.1, 0.15) is 0 Å². The molecule has 6 nitrogen and oxygen atoms in total. The molecule has 0 aromatic carbocycles. The Morgan fingerprint density at radius 2 is 2.24 bits per heavy atom. The number of hydrogen-bond donors (Lipinski definition) is 1. The Morgan fingerprint density at radius 1 is 1.29 bits per heavy atom. The molecule has 0 radical (unpaired) electrons. The van der Waals surface area contributed by atoms with Crippen LogP contribution in [0.25, 0.3) is 11.3 Å². The summed E-state index contributed by atoms with van der Waals surface area (Å²) in [6.07, 6.45) is 5.34. The number of rotatable bonds is 6. The van der Waals surface area contributed by atoms with Crippen LogP contribution in [0, 0.1) is 0 Å². The van der Waals surface area contributed by atoms with E-state index >= 15 is 0 Å². The second-order valence-electron chi connectivity index (χ2n) is 4.53. The summed E-state index contributed by atoms with van der Waals surface area (Å²) in [4.78, 5) is 11.7. The van der Waals surface area contributed by atoms with E-state index in [1.54, 1.807) is 34.5 Å². The van der Waals surface area contributed by atoms with Crippen LogP contribution in [0.2, 0.25) is 0 Å². The molecule has 3 aromatic rings. The summed E-state index contributed by atoms with van der Waals surface area (Å²) in [5.74, 6) is -0.0519. The van der Waals surface area contributed by atoms with E-state index < -0.39 is 0 Å². The van der Waals surface area contributed by atoms with Crippen molar-refractivity contribution in [3.8, 4) is 11.3 Å². The third-order valence-corrected chi connectivity index (χ3v) is 3.67. The van der Waals surface area contributed by atoms with Gasteiger partial charge in [0.25, 0.3) is 0 Å². The quantitative estimate of drug-likeness (QED) is 0.752. The molecule has 0 bridgehead atoms. The molecule has 0 atom stereocenters. The molecule has 0 aliphatic heterocycles. The third-order valence-electron chi connectivity index (χ3n) is 2.99. The van der Waals surface area contributed by atoms with Gasteiger partial charge in [-0.2, -0.15) is 21.5 Å². The number of carbonyl (C=O) groups excluding carboxylic acids is 1. The minimum absolute atomic E-state index is 0.0519. The van der Waals surface area contributed by atoms with Crippen molar-refractivity contribution < 1.29 is 4.79 Å². The van der Waals surface area contributed by atoms with E-state index in [1.807, 2.05) is 28.4 Å². The highest BCUT2D eigenvalue weighted by Crippen LogP contribution is 2.19. The zero-order valence-corrected chi connectivity index (χ0v) is 12.2. The number of aromatic nitrogens is 4. The first kappa shape index (κ1) is 13.6. The zero-order chi connectivity index (χ0) is 14.5. The maximum absolute atomic E-state index is 11.7. The number of hydrogen-bond acceptors (Lipinski definition) is 4. The predicted molar refractivity (Wildman–Crippen MR) is 80.8 cm³/mol. The third kappa shape index (κ3) is 3.57. The van der Waals surface area contributed by atoms with Crippen LogP contribution in [-0.4, -0.2) is 32.0 Å². The van der Waals surface area contributed by atoms with Crippen molar-refractivity contribution in [1.82, 2.24) is 24.9 Å². The lowest BCUT2D eigenvalue weighted by Gasteiger charge is -2.05. The Kier molecular flexibility index (Phi) is 4.11. The van der Waals surface area contributed by atoms with Gasteiger partial charge in [-0.3, -0.25) is 14.2 Å². The Hall–Kier alpha value is -2.41. The lowest BCUT2D eigenvalue weighted by Crippen LogP contribution is -2.30. The van der Waals surface area contributed by atoms with Crippen LogP contribution in [0.3, 0.4) is 0 Å². The Labute approximate surface area is 126 Å². The number of nitrogens with zero attached hydrogens (tertiary/aromatic N) is 4. The molecule has 0 aliphatic carbocycles. The Bertz CT molecular complexity index is 687. The van der Waals surface area contributed by atoms with Gasteiger partial charge in [0.05, 0.1) is 12.2 Å². The number of thiophene rings is 1. The van der Waals surface area contributed by atoms with Gasteiger partial charge in [-0.1, -0.05) is 0 Å². The summed E-state index contributed by atoms with van der Waals surface area (Å²) in [5.41, 5.74) is 2.08. The minimum Gasteiger partial charge on any atom is -0.353 e. The molecule has 21 heavy (non-hydrogen) atoms. The van der Waals surface area contributed by atoms with E-state index in [2.05, 4.69) is 20.9 Å². The monoisotopic (exact) mass is 301 g/mol. The SMILES string of the molecule is O=C(Cn1cccn1)NCCn1ccc(-c2ccsc2)n1. The van der Waals surface area contributed by atoms with Crippen molar-refractivity contribution in [1.29, 1.82) is 0 Å². The van der Waals surface area contributed by atoms with Crippen molar-refractivity contribution in [2.24, 2.45) is 0 Å². The predicted octanol–water partition coefficient (Wildman–Crippen LogP) is 1.62. The maximum atomic E-state index is 11.7. The molecule has 7 heteroatoms. The number of nitrogens with one attached hydrogen (secondary N) is 1. The molecule has 1 amide bonds. The van der Waals surface area contributed by atoms with Crippen molar-refractivity contribution in [3.05, 3.63) is 47.5 Å². The fraction of sp³-hybridized carbons (Fsp3) is 0.214. The largest absolute Gasteiger partial charge is 0.353 e. The van der Waals surface area contributed by atoms with Gasteiger partial charge in [0.1, 0.15) is 6.54 Å². The molecule has 0 saturated carbocycles. The molecule has 0 unspecified atom stereocenters. The van der Waals surface area contributed by atoms with Crippen LogP contribution >= 0.6 is 11.3 Å². The molecular weight excluding hydrogens is 286 g/mol. The summed E-state index contributed by atoms with van der Waals surface area (Å²) in [7, 11) is 0. The van der Waals surface area contributed by atoms with Crippen LogP contribution in [0.15, 0.2) is 47.5 Å². The van der Waals surface area contributed by atoms with Gasteiger partial charge in [0.15, 0.2) is 0 Å². The van der Waals surface area contributed by atoms with Gasteiger partial charge in [0.2, 0.25) is 5.91 Å². The van der Waals surface area contributed by atoms with Crippen LogP contribution in [0.5, 0.6) is 0 Å². The first-order valence-corrected chi connectivity index (χ1v) is 7.56. The van der Waals surface area contributed by atoms with E-state index in [9.17, 15) is 4.79 Å². The molecular formula is C14H15N5OS. The summed E-state index contributed by atoms with van der Waals surface area (Å²) in [5, 5.41) is 15.4. The molecule has 3 aromatic heterocycles. The average Bonchev–Trinajstić information content (AvgIpc) is 3.21. The average molecular weight is 301 g/mol. The number of carbonyl (C=O) groups is 1. The molecule has 0 aliphatic rings. The van der Waals surface area contributed by atoms with Crippen molar-refractivity contribution in [2.45, 2.75) is 13.1 Å². The second-order valence-corrected chi connectivity index (χ2v) is 5.31. The lowest BCUT2D eigenvalue weighted by atomic mass is 10.2. The highest BCUT2D eigenvalue weighted by Gasteiger charge is 2.04. The molecule has 3 rings (SSSR count). The van der Waals surface area contributed by atoms with Crippen LogP contribution in [0.4, 0.5) is 0 Å². The normalized spacial score (nSPS) is 10.7. The van der Waals surface area contributed by atoms with E-state index in [0.29, 0.717) is 13.1 Å². The van der Waals surface area contributed by atoms with Gasteiger partial charge in [-0.25, -0.2) is 0 Å². The smallest absolute Gasteiger partial charge is 0.241 e. The standard InChI is InChI=1S/C14H15N5OS/c20-14(10-19-6-1-4-16-19)15-5-8-18-7-2-13(17-18)12-3-9-21-11-12/h1-4,6-7,9,11H,5,8,10H2,(H,15,20). The molecule has 1 N–H and O–H groups in total. The van der Waals surface area contributed by atoms with Crippen LogP contribution < -0.4 is 5.32 Å². The van der Waals surface area contributed by atoms with E-state index in [0.717, 1.165) is 11.3 Å².